The van der Waals surface area contributed by atoms with Gasteiger partial charge in [0.1, 0.15) is 17.3 Å². The van der Waals surface area contributed by atoms with E-state index in [1.54, 1.807) is 4.90 Å². The summed E-state index contributed by atoms with van der Waals surface area (Å²) in [5, 5.41) is 1.07. The molecule has 5 rings (SSSR count). The molecule has 3 nitrogen and oxygen atoms in total. The molecule has 3 unspecified atom stereocenters. The van der Waals surface area contributed by atoms with E-state index in [9.17, 15) is 8.78 Å². The first-order valence-corrected chi connectivity index (χ1v) is 12.2. The summed E-state index contributed by atoms with van der Waals surface area (Å²) in [6.07, 6.45) is 4.06. The van der Waals surface area contributed by atoms with Crippen molar-refractivity contribution < 1.29 is 23.7 Å². The van der Waals surface area contributed by atoms with Crippen LogP contribution >= 0.6 is 0 Å². The molecule has 1 saturated carbocycles. The quantitative estimate of drug-likeness (QED) is 0.445. The summed E-state index contributed by atoms with van der Waals surface area (Å²) < 4.78 is 65.3. The van der Waals surface area contributed by atoms with Gasteiger partial charge >= 0.3 is 0 Å². The van der Waals surface area contributed by atoms with E-state index in [1.807, 2.05) is 32.9 Å². The zero-order chi connectivity index (χ0) is 24.4. The van der Waals surface area contributed by atoms with Crippen LogP contribution in [-0.2, 0) is 11.2 Å². The number of aromatic nitrogens is 1. The molecule has 0 saturated heterocycles. The van der Waals surface area contributed by atoms with Crippen molar-refractivity contribution >= 4 is 10.9 Å². The number of nitrogens with one attached hydrogen (secondary N) is 1. The Hall–Kier alpha value is -2.28. The summed E-state index contributed by atoms with van der Waals surface area (Å²) in [6, 6.07) is 5.37. The highest BCUT2D eigenvalue weighted by Gasteiger charge is 2.62. The molecular weight excluding hydrogens is 444 g/mol. The summed E-state index contributed by atoms with van der Waals surface area (Å²) in [4.78, 5) is 5.21. The van der Waals surface area contributed by atoms with Gasteiger partial charge in [-0.05, 0) is 62.8 Å². The van der Waals surface area contributed by atoms with Gasteiger partial charge < -0.3 is 9.72 Å². The maximum Gasteiger partial charge on any atom is 0.257 e. The molecule has 5 atom stereocenters. The van der Waals surface area contributed by atoms with Gasteiger partial charge in [0.05, 0.1) is 25.1 Å². The van der Waals surface area contributed by atoms with Gasteiger partial charge in [-0.1, -0.05) is 18.6 Å². The average molecular weight is 479 g/mol. The second-order valence-electron chi connectivity index (χ2n) is 10.5. The molecule has 0 spiro atoms. The smallest absolute Gasteiger partial charge is 0.257 e. The molecule has 1 aliphatic heterocycles. The molecule has 2 heterocycles. The van der Waals surface area contributed by atoms with Gasteiger partial charge in [-0.25, -0.2) is 17.6 Å². The van der Waals surface area contributed by atoms with Gasteiger partial charge in [0.25, 0.3) is 5.92 Å². The van der Waals surface area contributed by atoms with Gasteiger partial charge in [-0.3, -0.25) is 4.90 Å². The van der Waals surface area contributed by atoms with Crippen molar-refractivity contribution in [1.82, 2.24) is 9.88 Å². The van der Waals surface area contributed by atoms with E-state index in [1.165, 1.54) is 12.2 Å². The number of hydrogen-bond donors (Lipinski definition) is 1. The molecule has 3 aliphatic rings. The Balaban J connectivity index is 0.00000289. The van der Waals surface area contributed by atoms with Crippen LogP contribution in [0.1, 0.15) is 57.9 Å². The fraction of sp³-hybridized carbons (Fsp3) is 0.556. The van der Waals surface area contributed by atoms with Crippen LogP contribution in [-0.4, -0.2) is 40.7 Å². The highest BCUT2D eigenvalue weighted by atomic mass is 19.3. The third kappa shape index (κ3) is 3.86. The van der Waals surface area contributed by atoms with Crippen LogP contribution in [0.3, 0.4) is 0 Å². The number of aromatic amines is 1. The van der Waals surface area contributed by atoms with Gasteiger partial charge in [-0.15, -0.1) is 0 Å². The lowest BCUT2D eigenvalue weighted by atomic mass is 9.56. The van der Waals surface area contributed by atoms with E-state index in [2.05, 4.69) is 11.1 Å². The monoisotopic (exact) mass is 478 g/mol. The number of nitrogens with zero attached hydrogens (tertiary/aromatic N) is 1. The molecular formula is C27H34F4N2O. The van der Waals surface area contributed by atoms with Crippen molar-refractivity contribution in [3.8, 4) is 0 Å². The maximum absolute atomic E-state index is 15.9. The van der Waals surface area contributed by atoms with Crippen LogP contribution in [0.25, 0.3) is 10.9 Å². The van der Waals surface area contributed by atoms with Crippen molar-refractivity contribution in [3.63, 3.8) is 0 Å². The number of aryl methyl sites for hydroxylation is 1. The summed E-state index contributed by atoms with van der Waals surface area (Å²) in [5.74, 6) is -4.76. The summed E-state index contributed by atoms with van der Waals surface area (Å²) in [6.45, 7) is 6.71. The van der Waals surface area contributed by atoms with Crippen molar-refractivity contribution in [2.24, 2.45) is 11.8 Å². The van der Waals surface area contributed by atoms with Gasteiger partial charge in [0.15, 0.2) is 0 Å². The van der Waals surface area contributed by atoms with Gasteiger partial charge in [-0.2, -0.15) is 0 Å². The number of halogens is 4. The minimum Gasteiger partial charge on any atom is -0.494 e. The normalized spacial score (nSPS) is 31.4. The molecule has 186 valence electrons. The molecule has 0 amide bonds. The lowest BCUT2D eigenvalue weighted by molar-refractivity contribution is -0.108. The topological polar surface area (TPSA) is 28.3 Å². The van der Waals surface area contributed by atoms with Crippen molar-refractivity contribution in [3.05, 3.63) is 58.8 Å². The van der Waals surface area contributed by atoms with E-state index in [0.29, 0.717) is 13.0 Å². The molecule has 1 N–H and O–H groups in total. The first-order chi connectivity index (χ1) is 16.0. The average Bonchev–Trinajstić information content (AvgIpc) is 3.06. The Kier molecular flexibility index (Phi) is 5.62. The number of rotatable bonds is 6. The molecule has 0 radical (unpaired) electrons. The SMILES string of the molecule is CCCOC1=CC2(F)CC([C@H]3c4[nH]c5ccc(C)cc5c4C[C@H](C)N3CC(C)(F)F)C2C(F)=C1.[HH]. The highest BCUT2D eigenvalue weighted by molar-refractivity contribution is 5.86. The van der Waals surface area contributed by atoms with Crippen LogP contribution in [0.4, 0.5) is 17.6 Å². The van der Waals surface area contributed by atoms with Crippen LogP contribution < -0.4 is 0 Å². The Bertz CT molecular complexity index is 1170. The second kappa shape index (κ2) is 8.14. The van der Waals surface area contributed by atoms with E-state index in [4.69, 9.17) is 4.74 Å². The number of alkyl halides is 3. The number of allylic oxidation sites excluding steroid dienone is 3. The Morgan fingerprint density at radius 2 is 2.09 bits per heavy atom. The molecule has 7 heteroatoms. The molecule has 1 aromatic carbocycles. The van der Waals surface area contributed by atoms with Crippen molar-refractivity contribution in [2.45, 2.75) is 70.6 Å². The van der Waals surface area contributed by atoms with E-state index in [-0.39, 0.29) is 19.6 Å². The van der Waals surface area contributed by atoms with E-state index >= 15 is 8.78 Å². The zero-order valence-electron chi connectivity index (χ0n) is 20.1. The first kappa shape index (κ1) is 23.5. The minimum absolute atomic E-state index is 0. The zero-order valence-corrected chi connectivity index (χ0v) is 20.1. The largest absolute Gasteiger partial charge is 0.494 e. The highest BCUT2D eigenvalue weighted by Crippen LogP contribution is 2.61. The summed E-state index contributed by atoms with van der Waals surface area (Å²) in [5.41, 5.74) is 2.07. The molecule has 1 aromatic heterocycles. The fourth-order valence-corrected chi connectivity index (χ4v) is 6.23. The number of fused-ring (bicyclic) bond motifs is 4. The summed E-state index contributed by atoms with van der Waals surface area (Å²) in [7, 11) is 0. The number of ether oxygens (including phenoxy) is 1. The Labute approximate surface area is 199 Å². The van der Waals surface area contributed by atoms with E-state index in [0.717, 1.165) is 41.1 Å². The molecule has 1 fully saturated rings. The molecule has 34 heavy (non-hydrogen) atoms. The third-order valence-corrected chi connectivity index (χ3v) is 7.61. The van der Waals surface area contributed by atoms with Gasteiger partial charge in [0, 0.05) is 37.1 Å². The van der Waals surface area contributed by atoms with Crippen LogP contribution in [0.15, 0.2) is 41.9 Å². The molecule has 2 aromatic rings. The number of H-pyrrole nitrogens is 1. The van der Waals surface area contributed by atoms with Crippen LogP contribution in [0.5, 0.6) is 0 Å². The number of benzene rings is 1. The minimum atomic E-state index is -2.93. The Morgan fingerprint density at radius 3 is 2.76 bits per heavy atom. The second-order valence-corrected chi connectivity index (χ2v) is 10.5. The number of hydrogen-bond acceptors (Lipinski definition) is 2. The third-order valence-electron chi connectivity index (χ3n) is 7.61. The van der Waals surface area contributed by atoms with Crippen LogP contribution in [0.2, 0.25) is 0 Å². The Morgan fingerprint density at radius 1 is 1.32 bits per heavy atom. The van der Waals surface area contributed by atoms with Gasteiger partial charge in [0.2, 0.25) is 0 Å². The lowest BCUT2D eigenvalue weighted by Gasteiger charge is -2.56. The predicted molar refractivity (Wildman–Crippen MR) is 127 cm³/mol. The van der Waals surface area contributed by atoms with Crippen molar-refractivity contribution in [1.29, 1.82) is 0 Å². The summed E-state index contributed by atoms with van der Waals surface area (Å²) >= 11 is 0. The molecule has 2 aliphatic carbocycles. The first-order valence-electron chi connectivity index (χ1n) is 12.2. The maximum atomic E-state index is 15.9. The molecule has 0 bridgehead atoms. The van der Waals surface area contributed by atoms with E-state index < -0.39 is 41.8 Å². The standard InChI is InChI=1S/C27H32F4N2O.H2/c1-5-8-34-17-11-21(28)23-20(13-27(23,31)12-17)25-24-19(10-16(3)33(25)14-26(4,29)30)18-9-15(2)6-7-22(18)32-24;/h6-7,9,11-12,16,20,23,25,32H,5,8,10,13-14H2,1-4H3;1H/t16-,20?,23?,25-,27?;/m0./s1. The van der Waals surface area contributed by atoms with Crippen LogP contribution in [0, 0.1) is 18.8 Å². The predicted octanol–water partition coefficient (Wildman–Crippen LogP) is 7.19. The lowest BCUT2D eigenvalue weighted by Crippen LogP contribution is -2.59. The fourth-order valence-electron chi connectivity index (χ4n) is 6.23. The van der Waals surface area contributed by atoms with Crippen molar-refractivity contribution in [2.75, 3.05) is 13.2 Å².